The summed E-state index contributed by atoms with van der Waals surface area (Å²) in [5.41, 5.74) is 6.82. The first-order chi connectivity index (χ1) is 8.24. The van der Waals surface area contributed by atoms with Crippen molar-refractivity contribution in [3.63, 3.8) is 0 Å². The molecule has 1 aliphatic carbocycles. The maximum absolute atomic E-state index is 13.0. The predicted octanol–water partition coefficient (Wildman–Crippen LogP) is 1.47. The fourth-order valence-corrected chi connectivity index (χ4v) is 1.80. The third-order valence-corrected chi connectivity index (χ3v) is 2.91. The Morgan fingerprint density at radius 2 is 2.24 bits per heavy atom. The molecular weight excluding hydrogens is 221 g/mol. The van der Waals surface area contributed by atoms with Gasteiger partial charge in [0.05, 0.1) is 0 Å². The summed E-state index contributed by atoms with van der Waals surface area (Å²) in [6, 6.07) is 4.26. The highest BCUT2D eigenvalue weighted by molar-refractivity contribution is 5.71. The highest BCUT2D eigenvalue weighted by Crippen LogP contribution is 2.32. The predicted molar refractivity (Wildman–Crippen MR) is 60.3 cm³/mol. The molecule has 2 N–H and O–H groups in total. The van der Waals surface area contributed by atoms with Crippen LogP contribution in [0, 0.1) is 11.7 Å². The second-order valence-electron chi connectivity index (χ2n) is 4.36. The molecule has 0 radical (unpaired) electrons. The highest BCUT2D eigenvalue weighted by atomic mass is 19.1. The minimum atomic E-state index is -0.354. The van der Waals surface area contributed by atoms with Crippen LogP contribution >= 0.6 is 0 Å². The molecule has 0 bridgehead atoms. The Bertz CT molecular complexity index is 547. The Morgan fingerprint density at radius 1 is 1.41 bits per heavy atom. The lowest BCUT2D eigenvalue weighted by atomic mass is 10.1. The Labute approximate surface area is 97.4 Å². The maximum atomic E-state index is 13.0. The summed E-state index contributed by atoms with van der Waals surface area (Å²) in [6.07, 6.45) is 2.44. The highest BCUT2D eigenvalue weighted by Gasteiger charge is 2.24. The molecule has 17 heavy (non-hydrogen) atoms. The molecule has 1 heterocycles. The quantitative estimate of drug-likeness (QED) is 0.815. The van der Waals surface area contributed by atoms with Gasteiger partial charge in [0.1, 0.15) is 5.82 Å². The molecule has 0 unspecified atom stereocenters. The number of hydrogen-bond acceptors (Lipinski definition) is 4. The second-order valence-corrected chi connectivity index (χ2v) is 4.36. The molecule has 1 aromatic carbocycles. The summed E-state index contributed by atoms with van der Waals surface area (Å²) in [6.45, 7) is 0.805. The van der Waals surface area contributed by atoms with Crippen LogP contribution in [0.25, 0.3) is 11.4 Å². The number of anilines is 1. The van der Waals surface area contributed by atoms with E-state index in [0.29, 0.717) is 23.0 Å². The summed E-state index contributed by atoms with van der Waals surface area (Å²) < 4.78 is 14.7. The molecule has 1 aliphatic rings. The zero-order chi connectivity index (χ0) is 11.8. The average Bonchev–Trinajstić information content (AvgIpc) is 2.97. The molecule has 0 atom stereocenters. The van der Waals surface area contributed by atoms with Gasteiger partial charge in [0.2, 0.25) is 0 Å². The van der Waals surface area contributed by atoms with Crippen molar-refractivity contribution in [1.82, 2.24) is 20.2 Å². The van der Waals surface area contributed by atoms with Gasteiger partial charge in [0.15, 0.2) is 5.82 Å². The first-order valence-corrected chi connectivity index (χ1v) is 5.55. The van der Waals surface area contributed by atoms with Crippen molar-refractivity contribution in [2.24, 2.45) is 5.92 Å². The van der Waals surface area contributed by atoms with Crippen LogP contribution in [0.1, 0.15) is 12.8 Å². The minimum absolute atomic E-state index is 0.354. The number of tetrazole rings is 1. The molecule has 0 aliphatic heterocycles. The van der Waals surface area contributed by atoms with Crippen LogP contribution in [0.5, 0.6) is 0 Å². The topological polar surface area (TPSA) is 69.6 Å². The minimum Gasteiger partial charge on any atom is -0.398 e. The van der Waals surface area contributed by atoms with Gasteiger partial charge in [-0.25, -0.2) is 9.07 Å². The van der Waals surface area contributed by atoms with E-state index in [1.54, 1.807) is 10.7 Å². The van der Waals surface area contributed by atoms with E-state index in [-0.39, 0.29) is 5.82 Å². The second kappa shape index (κ2) is 3.80. The fourth-order valence-electron chi connectivity index (χ4n) is 1.80. The molecule has 1 aromatic heterocycles. The molecule has 88 valence electrons. The smallest absolute Gasteiger partial charge is 0.184 e. The van der Waals surface area contributed by atoms with Crippen molar-refractivity contribution in [2.45, 2.75) is 19.4 Å². The number of nitrogens with zero attached hydrogens (tertiary/aromatic N) is 4. The van der Waals surface area contributed by atoms with E-state index in [1.807, 2.05) is 0 Å². The van der Waals surface area contributed by atoms with E-state index < -0.39 is 0 Å². The van der Waals surface area contributed by atoms with E-state index in [2.05, 4.69) is 15.5 Å². The monoisotopic (exact) mass is 233 g/mol. The number of nitrogen functional groups attached to an aromatic ring is 1. The van der Waals surface area contributed by atoms with E-state index >= 15 is 0 Å². The maximum Gasteiger partial charge on any atom is 0.184 e. The van der Waals surface area contributed by atoms with Crippen molar-refractivity contribution in [1.29, 1.82) is 0 Å². The Morgan fingerprint density at radius 3 is 2.94 bits per heavy atom. The van der Waals surface area contributed by atoms with Gasteiger partial charge in [-0.05, 0) is 47.4 Å². The molecule has 1 fully saturated rings. The van der Waals surface area contributed by atoms with Gasteiger partial charge in [0, 0.05) is 17.8 Å². The molecule has 3 rings (SSSR count). The average molecular weight is 233 g/mol. The van der Waals surface area contributed by atoms with Crippen LogP contribution in [0.2, 0.25) is 0 Å². The zero-order valence-electron chi connectivity index (χ0n) is 9.17. The normalized spacial score (nSPS) is 15.1. The van der Waals surface area contributed by atoms with E-state index in [0.717, 1.165) is 6.54 Å². The van der Waals surface area contributed by atoms with Crippen molar-refractivity contribution >= 4 is 5.69 Å². The van der Waals surface area contributed by atoms with Crippen LogP contribution in [0.3, 0.4) is 0 Å². The van der Waals surface area contributed by atoms with Crippen molar-refractivity contribution < 1.29 is 4.39 Å². The Balaban J connectivity index is 1.99. The molecule has 5 nitrogen and oxygen atoms in total. The molecule has 2 aromatic rings. The first kappa shape index (κ1) is 10.2. The molecule has 6 heteroatoms. The molecule has 0 saturated heterocycles. The first-order valence-electron chi connectivity index (χ1n) is 5.55. The lowest BCUT2D eigenvalue weighted by Crippen LogP contribution is -2.05. The number of rotatable bonds is 3. The van der Waals surface area contributed by atoms with Gasteiger partial charge < -0.3 is 5.73 Å². The summed E-state index contributed by atoms with van der Waals surface area (Å²) in [5, 5.41) is 11.6. The number of halogens is 1. The van der Waals surface area contributed by atoms with Crippen molar-refractivity contribution in [3.8, 4) is 11.4 Å². The SMILES string of the molecule is Nc1cc(F)ccc1-c1nnnn1CC1CC1. The summed E-state index contributed by atoms with van der Waals surface area (Å²) in [4.78, 5) is 0. The summed E-state index contributed by atoms with van der Waals surface area (Å²) in [5.74, 6) is 0.917. The Hall–Kier alpha value is -1.98. The van der Waals surface area contributed by atoms with Gasteiger partial charge in [0.25, 0.3) is 0 Å². The number of benzene rings is 1. The fraction of sp³-hybridized carbons (Fsp3) is 0.364. The van der Waals surface area contributed by atoms with Gasteiger partial charge >= 0.3 is 0 Å². The van der Waals surface area contributed by atoms with Crippen LogP contribution in [0.4, 0.5) is 10.1 Å². The summed E-state index contributed by atoms with van der Waals surface area (Å²) in [7, 11) is 0. The molecule has 0 spiro atoms. The lowest BCUT2D eigenvalue weighted by Gasteiger charge is -2.06. The molecule has 1 saturated carbocycles. The largest absolute Gasteiger partial charge is 0.398 e. The van der Waals surface area contributed by atoms with Gasteiger partial charge in [-0.15, -0.1) is 5.10 Å². The summed E-state index contributed by atoms with van der Waals surface area (Å²) >= 11 is 0. The third-order valence-electron chi connectivity index (χ3n) is 2.91. The van der Waals surface area contributed by atoms with Gasteiger partial charge in [-0.3, -0.25) is 0 Å². The van der Waals surface area contributed by atoms with E-state index in [4.69, 9.17) is 5.73 Å². The van der Waals surface area contributed by atoms with Gasteiger partial charge in [-0.1, -0.05) is 0 Å². The van der Waals surface area contributed by atoms with Gasteiger partial charge in [-0.2, -0.15) is 0 Å². The van der Waals surface area contributed by atoms with E-state index in [1.165, 1.54) is 25.0 Å². The molecule has 0 amide bonds. The van der Waals surface area contributed by atoms with E-state index in [9.17, 15) is 4.39 Å². The zero-order valence-corrected chi connectivity index (χ0v) is 9.17. The third kappa shape index (κ3) is 1.98. The van der Waals surface area contributed by atoms with Crippen LogP contribution in [-0.2, 0) is 6.54 Å². The van der Waals surface area contributed by atoms with Crippen LogP contribution < -0.4 is 5.73 Å². The number of nitrogens with two attached hydrogens (primary N) is 1. The molecular formula is C11H12FN5. The number of hydrogen-bond donors (Lipinski definition) is 1. The van der Waals surface area contributed by atoms with Crippen LogP contribution in [-0.4, -0.2) is 20.2 Å². The van der Waals surface area contributed by atoms with Crippen molar-refractivity contribution in [3.05, 3.63) is 24.0 Å². The number of aromatic nitrogens is 4. The lowest BCUT2D eigenvalue weighted by molar-refractivity contribution is 0.548. The standard InChI is InChI=1S/C11H12FN5/c12-8-3-4-9(10(13)5-8)11-14-15-16-17(11)6-7-1-2-7/h3-5,7H,1-2,6,13H2. The van der Waals surface area contributed by atoms with Crippen molar-refractivity contribution in [2.75, 3.05) is 5.73 Å². The van der Waals surface area contributed by atoms with Crippen LogP contribution in [0.15, 0.2) is 18.2 Å². The Kier molecular flexibility index (Phi) is 2.28.